The molecule has 13 nitrogen and oxygen atoms in total. The van der Waals surface area contributed by atoms with Gasteiger partial charge in [0, 0.05) is 50.4 Å². The number of hydrogen-bond acceptors (Lipinski definition) is 9. The zero-order chi connectivity index (χ0) is 35.0. The highest BCUT2D eigenvalue weighted by Crippen LogP contribution is 2.19. The lowest BCUT2D eigenvalue weighted by Crippen LogP contribution is -2.47. The van der Waals surface area contributed by atoms with Crippen LogP contribution in [0, 0.1) is 18.8 Å². The normalized spacial score (nSPS) is 12.3. The molecule has 4 amide bonds. The Balaban J connectivity index is 2.42. The summed E-state index contributed by atoms with van der Waals surface area (Å²) in [6, 6.07) is 5.83. The third-order valence-electron chi connectivity index (χ3n) is 7.48. The summed E-state index contributed by atoms with van der Waals surface area (Å²) in [6.07, 6.45) is 5.00. The lowest BCUT2D eigenvalue weighted by atomic mass is 9.89. The number of aryl methyl sites for hydroxylation is 1. The number of Topliss-reactive ketones (excluding diaryl/α,β-unsaturated/α-hetero) is 3. The SMILES string of the molecule is Cc1ccc(NC(=O)[C@H](CCCNC(N)=O)CC(=O)[C@@H](NC(=O)COCCOCCCC(=O)CCCCCC(=O)CN)C(C)C)cc1. The number of hydrogen-bond donors (Lipinski definition) is 5. The first-order chi connectivity index (χ1) is 22.4. The molecule has 0 aliphatic rings. The second kappa shape index (κ2) is 24.5. The summed E-state index contributed by atoms with van der Waals surface area (Å²) in [5.74, 6) is -1.76. The Bertz CT molecular complexity index is 1130. The molecule has 264 valence electrons. The van der Waals surface area contributed by atoms with Gasteiger partial charge in [-0.05, 0) is 57.1 Å². The van der Waals surface area contributed by atoms with Crippen molar-refractivity contribution < 1.29 is 38.2 Å². The zero-order valence-corrected chi connectivity index (χ0v) is 28.3. The maximum atomic E-state index is 13.3. The van der Waals surface area contributed by atoms with Crippen LogP contribution in [0.1, 0.15) is 83.6 Å². The van der Waals surface area contributed by atoms with E-state index in [9.17, 15) is 28.8 Å². The van der Waals surface area contributed by atoms with Crippen LogP contribution in [0.15, 0.2) is 24.3 Å². The molecule has 2 atom stereocenters. The molecule has 0 fully saturated rings. The van der Waals surface area contributed by atoms with Crippen LogP contribution in [-0.2, 0) is 33.4 Å². The molecule has 0 saturated heterocycles. The van der Waals surface area contributed by atoms with Gasteiger partial charge in [-0.2, -0.15) is 0 Å². The van der Waals surface area contributed by atoms with E-state index in [0.717, 1.165) is 24.8 Å². The number of ether oxygens (including phenoxy) is 2. The lowest BCUT2D eigenvalue weighted by Gasteiger charge is -2.24. The molecule has 1 rings (SSSR count). The van der Waals surface area contributed by atoms with Crippen LogP contribution >= 0.6 is 0 Å². The van der Waals surface area contributed by atoms with Crippen molar-refractivity contribution in [1.82, 2.24) is 10.6 Å². The van der Waals surface area contributed by atoms with E-state index in [0.29, 0.717) is 50.8 Å². The number of carbonyl (C=O) groups is 6. The fourth-order valence-corrected chi connectivity index (χ4v) is 4.78. The van der Waals surface area contributed by atoms with Crippen LogP contribution in [0.25, 0.3) is 0 Å². The first-order valence-electron chi connectivity index (χ1n) is 16.5. The van der Waals surface area contributed by atoms with E-state index < -0.39 is 23.9 Å². The number of rotatable bonds is 27. The average molecular weight is 662 g/mol. The van der Waals surface area contributed by atoms with E-state index in [4.69, 9.17) is 20.9 Å². The molecule has 0 aromatic heterocycles. The topological polar surface area (TPSA) is 209 Å². The van der Waals surface area contributed by atoms with E-state index in [1.54, 1.807) is 12.1 Å². The molecule has 7 N–H and O–H groups in total. The van der Waals surface area contributed by atoms with Gasteiger partial charge in [0.1, 0.15) is 18.2 Å². The molecule has 13 heteroatoms. The molecule has 0 aliphatic heterocycles. The Kier molecular flexibility index (Phi) is 21.5. The molecule has 47 heavy (non-hydrogen) atoms. The van der Waals surface area contributed by atoms with E-state index in [2.05, 4.69) is 16.0 Å². The van der Waals surface area contributed by atoms with Gasteiger partial charge in [0.15, 0.2) is 5.78 Å². The van der Waals surface area contributed by atoms with Crippen LogP contribution in [0.5, 0.6) is 0 Å². The van der Waals surface area contributed by atoms with E-state index in [1.807, 2.05) is 32.9 Å². The largest absolute Gasteiger partial charge is 0.379 e. The van der Waals surface area contributed by atoms with Crippen molar-refractivity contribution in [3.63, 3.8) is 0 Å². The molecule has 1 aromatic carbocycles. The number of benzene rings is 1. The van der Waals surface area contributed by atoms with Crippen molar-refractivity contribution in [3.05, 3.63) is 29.8 Å². The van der Waals surface area contributed by atoms with Gasteiger partial charge in [0.25, 0.3) is 0 Å². The third kappa shape index (κ3) is 20.2. The lowest BCUT2D eigenvalue weighted by molar-refractivity contribution is -0.133. The van der Waals surface area contributed by atoms with E-state index in [1.165, 1.54) is 0 Å². The molecule has 0 radical (unpaired) electrons. The van der Waals surface area contributed by atoms with Gasteiger partial charge in [0.05, 0.1) is 25.8 Å². The van der Waals surface area contributed by atoms with Crippen molar-refractivity contribution in [2.45, 2.75) is 91.0 Å². The number of carbonyl (C=O) groups excluding carboxylic acids is 6. The van der Waals surface area contributed by atoms with E-state index >= 15 is 0 Å². The Morgan fingerprint density at radius 3 is 2.09 bits per heavy atom. The third-order valence-corrected chi connectivity index (χ3v) is 7.48. The summed E-state index contributed by atoms with van der Waals surface area (Å²) < 4.78 is 10.9. The number of urea groups is 1. The number of nitrogens with one attached hydrogen (secondary N) is 3. The minimum atomic E-state index is -0.813. The van der Waals surface area contributed by atoms with Crippen LogP contribution in [0.2, 0.25) is 0 Å². The predicted molar refractivity (Wildman–Crippen MR) is 180 cm³/mol. The first kappa shape index (κ1) is 41.3. The number of anilines is 1. The van der Waals surface area contributed by atoms with Crippen molar-refractivity contribution >= 4 is 40.9 Å². The summed E-state index contributed by atoms with van der Waals surface area (Å²) >= 11 is 0. The minimum Gasteiger partial charge on any atom is -0.379 e. The molecule has 0 bridgehead atoms. The van der Waals surface area contributed by atoms with Crippen molar-refractivity contribution in [1.29, 1.82) is 0 Å². The number of ketones is 3. The number of unbranched alkanes of at least 4 members (excludes halogenated alkanes) is 2. The molecule has 0 saturated carbocycles. The van der Waals surface area contributed by atoms with E-state index in [-0.39, 0.29) is 68.5 Å². The van der Waals surface area contributed by atoms with Gasteiger partial charge < -0.3 is 36.9 Å². The number of primary amides is 1. The maximum absolute atomic E-state index is 13.3. The predicted octanol–water partition coefficient (Wildman–Crippen LogP) is 2.96. The van der Waals surface area contributed by atoms with Gasteiger partial charge in [0.2, 0.25) is 11.8 Å². The van der Waals surface area contributed by atoms with Crippen LogP contribution < -0.4 is 27.4 Å². The highest BCUT2D eigenvalue weighted by Gasteiger charge is 2.29. The van der Waals surface area contributed by atoms with Gasteiger partial charge in [-0.3, -0.25) is 24.0 Å². The Labute approximate surface area is 278 Å². The van der Waals surface area contributed by atoms with Gasteiger partial charge >= 0.3 is 6.03 Å². The molecular weight excluding hydrogens is 606 g/mol. The molecular formula is C34H55N5O8. The highest BCUT2D eigenvalue weighted by molar-refractivity contribution is 5.97. The molecule has 0 heterocycles. The van der Waals surface area contributed by atoms with Crippen molar-refractivity contribution in [2.75, 3.05) is 44.8 Å². The fraction of sp³-hybridized carbons (Fsp3) is 0.647. The maximum Gasteiger partial charge on any atom is 0.312 e. The Morgan fingerprint density at radius 1 is 0.809 bits per heavy atom. The molecule has 0 unspecified atom stereocenters. The summed E-state index contributed by atoms with van der Waals surface area (Å²) in [7, 11) is 0. The zero-order valence-electron chi connectivity index (χ0n) is 28.3. The monoisotopic (exact) mass is 661 g/mol. The van der Waals surface area contributed by atoms with Crippen LogP contribution in [0.3, 0.4) is 0 Å². The first-order valence-corrected chi connectivity index (χ1v) is 16.5. The highest BCUT2D eigenvalue weighted by atomic mass is 16.5. The van der Waals surface area contributed by atoms with Crippen LogP contribution in [-0.4, -0.2) is 80.8 Å². The Hall–Kier alpha value is -3.68. The fourth-order valence-electron chi connectivity index (χ4n) is 4.78. The summed E-state index contributed by atoms with van der Waals surface area (Å²) in [5.41, 5.74) is 12.1. The summed E-state index contributed by atoms with van der Waals surface area (Å²) in [5, 5.41) is 8.08. The summed E-state index contributed by atoms with van der Waals surface area (Å²) in [4.78, 5) is 73.3. The van der Waals surface area contributed by atoms with Gasteiger partial charge in [-0.1, -0.05) is 38.0 Å². The van der Waals surface area contributed by atoms with Crippen molar-refractivity contribution in [2.24, 2.45) is 23.3 Å². The standard InChI is InChI=1S/C34H55N5O8/c1-24(2)32(30(42)21-26(9-7-17-37-34(36)45)33(44)38-27-15-13-25(3)14-16-27)39-31(43)23-47-20-19-46-18-8-12-28(40)10-5-4-6-11-29(41)22-35/h13-16,24,26,32H,4-12,17-23,35H2,1-3H3,(H,38,44)(H,39,43)(H3,36,37,45)/t26-,32+/m1/s1. The summed E-state index contributed by atoms with van der Waals surface area (Å²) in [6.45, 7) is 6.46. The molecule has 1 aromatic rings. The number of amides is 4. The van der Waals surface area contributed by atoms with Crippen LogP contribution in [0.4, 0.5) is 10.5 Å². The average Bonchev–Trinajstić information content (AvgIpc) is 3.02. The molecule has 0 aliphatic carbocycles. The minimum absolute atomic E-state index is 0.0408. The second-order valence-electron chi connectivity index (χ2n) is 12.1. The Morgan fingerprint density at radius 2 is 1.45 bits per heavy atom. The van der Waals surface area contributed by atoms with Gasteiger partial charge in [-0.25, -0.2) is 4.79 Å². The molecule has 0 spiro atoms. The number of nitrogens with two attached hydrogens (primary N) is 2. The smallest absolute Gasteiger partial charge is 0.312 e. The van der Waals surface area contributed by atoms with Crippen molar-refractivity contribution in [3.8, 4) is 0 Å². The van der Waals surface area contributed by atoms with Gasteiger partial charge in [-0.15, -0.1) is 0 Å². The second-order valence-corrected chi connectivity index (χ2v) is 12.1. The quantitative estimate of drug-likeness (QED) is 0.0877.